The van der Waals surface area contributed by atoms with Gasteiger partial charge in [0.25, 0.3) is 0 Å². The van der Waals surface area contributed by atoms with Crippen LogP contribution < -0.4 is 10.6 Å². The van der Waals surface area contributed by atoms with Crippen molar-refractivity contribution >= 4 is 18.0 Å². The maximum absolute atomic E-state index is 13.1. The molecule has 0 heterocycles. The van der Waals surface area contributed by atoms with Crippen LogP contribution in [0.25, 0.3) is 11.1 Å². The lowest BCUT2D eigenvalue weighted by Gasteiger charge is -2.36. The molecule has 8 heteroatoms. The second-order valence-corrected chi connectivity index (χ2v) is 9.40. The van der Waals surface area contributed by atoms with Crippen molar-refractivity contribution in [2.45, 2.75) is 50.5 Å². The molecule has 1 fully saturated rings. The molecule has 0 radical (unpaired) electrons. The smallest absolute Gasteiger partial charge is 0.407 e. The molecule has 4 N–H and O–H groups in total. The predicted molar refractivity (Wildman–Crippen MR) is 130 cm³/mol. The molecule has 2 aliphatic carbocycles. The van der Waals surface area contributed by atoms with Crippen LogP contribution in [0.3, 0.4) is 0 Å². The Hall–Kier alpha value is -3.39. The average molecular weight is 481 g/mol. The number of hydrogen-bond acceptors (Lipinski definition) is 5. The second-order valence-electron chi connectivity index (χ2n) is 9.40. The molecule has 2 amide bonds. The lowest BCUT2D eigenvalue weighted by molar-refractivity contribution is -0.145. The lowest BCUT2D eigenvalue weighted by Crippen LogP contribution is -2.53. The molecule has 186 valence electrons. The molecular formula is C27H32N2O6. The molecule has 0 aromatic heterocycles. The van der Waals surface area contributed by atoms with Gasteiger partial charge in [0.1, 0.15) is 12.6 Å². The van der Waals surface area contributed by atoms with Gasteiger partial charge in [0.05, 0.1) is 5.41 Å². The topological polar surface area (TPSA) is 125 Å². The standard InChI is InChI=1S/C27H32N2O6/c30-15-12-23(24(31)32)29-25(33)27(13-6-1-7-14-27)17-28-26(34)35-16-22-20-10-4-2-8-18(20)19-9-3-5-11-21(19)22/h2-5,8-11,22-23,30H,1,6-7,12-17H2,(H,28,34)(H,29,33)(H,31,32)/t23-/m0/s1. The number of carbonyl (C=O) groups excluding carboxylic acids is 2. The minimum absolute atomic E-state index is 0.0603. The Bertz CT molecular complexity index is 1030. The summed E-state index contributed by atoms with van der Waals surface area (Å²) in [5.41, 5.74) is 3.63. The molecule has 0 unspecified atom stereocenters. The van der Waals surface area contributed by atoms with E-state index in [1.165, 1.54) is 0 Å². The third kappa shape index (κ3) is 5.32. The molecule has 35 heavy (non-hydrogen) atoms. The van der Waals surface area contributed by atoms with Crippen LogP contribution >= 0.6 is 0 Å². The lowest BCUT2D eigenvalue weighted by atomic mass is 9.73. The summed E-state index contributed by atoms with van der Waals surface area (Å²) in [7, 11) is 0. The summed E-state index contributed by atoms with van der Waals surface area (Å²) >= 11 is 0. The number of nitrogens with one attached hydrogen (secondary N) is 2. The summed E-state index contributed by atoms with van der Waals surface area (Å²) in [6, 6.07) is 15.0. The van der Waals surface area contributed by atoms with E-state index in [2.05, 4.69) is 22.8 Å². The van der Waals surface area contributed by atoms with Gasteiger partial charge in [0.2, 0.25) is 5.91 Å². The highest BCUT2D eigenvalue weighted by Gasteiger charge is 2.41. The van der Waals surface area contributed by atoms with Crippen molar-refractivity contribution in [3.63, 3.8) is 0 Å². The molecule has 8 nitrogen and oxygen atoms in total. The van der Waals surface area contributed by atoms with Crippen molar-refractivity contribution in [1.82, 2.24) is 10.6 Å². The van der Waals surface area contributed by atoms with Gasteiger partial charge in [-0.15, -0.1) is 0 Å². The number of amides is 2. The molecule has 2 aliphatic rings. The van der Waals surface area contributed by atoms with E-state index in [1.54, 1.807) is 0 Å². The van der Waals surface area contributed by atoms with Gasteiger partial charge in [0.15, 0.2) is 0 Å². The fraction of sp³-hybridized carbons (Fsp3) is 0.444. The Morgan fingerprint density at radius 1 is 0.971 bits per heavy atom. The van der Waals surface area contributed by atoms with Crippen LogP contribution in [0.5, 0.6) is 0 Å². The quantitative estimate of drug-likeness (QED) is 0.436. The second kappa shape index (κ2) is 10.9. The highest BCUT2D eigenvalue weighted by atomic mass is 16.5. The number of rotatable bonds is 9. The van der Waals surface area contributed by atoms with Gasteiger partial charge in [-0.05, 0) is 35.1 Å². The predicted octanol–water partition coefficient (Wildman–Crippen LogP) is 3.43. The fourth-order valence-corrected chi connectivity index (χ4v) is 5.30. The van der Waals surface area contributed by atoms with Crippen LogP contribution in [0.15, 0.2) is 48.5 Å². The summed E-state index contributed by atoms with van der Waals surface area (Å²) in [4.78, 5) is 37.2. The molecule has 2 aromatic carbocycles. The van der Waals surface area contributed by atoms with Crippen LogP contribution in [0.2, 0.25) is 0 Å². The number of carbonyl (C=O) groups is 3. The van der Waals surface area contributed by atoms with Crippen LogP contribution in [0.4, 0.5) is 4.79 Å². The summed E-state index contributed by atoms with van der Waals surface area (Å²) in [5.74, 6) is -1.66. The van der Waals surface area contributed by atoms with Gasteiger partial charge in [-0.1, -0.05) is 67.8 Å². The maximum Gasteiger partial charge on any atom is 0.407 e. The zero-order valence-corrected chi connectivity index (χ0v) is 19.7. The minimum Gasteiger partial charge on any atom is -0.480 e. The van der Waals surface area contributed by atoms with Crippen molar-refractivity contribution < 1.29 is 29.3 Å². The monoisotopic (exact) mass is 480 g/mol. The fourth-order valence-electron chi connectivity index (χ4n) is 5.30. The molecule has 0 bridgehead atoms. The number of aliphatic hydroxyl groups is 1. The van der Waals surface area contributed by atoms with Crippen molar-refractivity contribution in [3.05, 3.63) is 59.7 Å². The van der Waals surface area contributed by atoms with Gasteiger partial charge in [-0.25, -0.2) is 9.59 Å². The Morgan fingerprint density at radius 3 is 2.14 bits per heavy atom. The van der Waals surface area contributed by atoms with Crippen molar-refractivity contribution in [2.75, 3.05) is 19.8 Å². The largest absolute Gasteiger partial charge is 0.480 e. The average Bonchev–Trinajstić information content (AvgIpc) is 3.20. The molecule has 2 aromatic rings. The number of benzene rings is 2. The number of carboxylic acids is 1. The summed E-state index contributed by atoms with van der Waals surface area (Å²) in [6.07, 6.45) is 3.04. The van der Waals surface area contributed by atoms with Gasteiger partial charge in [0, 0.05) is 25.5 Å². The first-order valence-electron chi connectivity index (χ1n) is 12.2. The maximum atomic E-state index is 13.1. The van der Waals surface area contributed by atoms with E-state index in [0.29, 0.717) is 12.8 Å². The summed E-state index contributed by atoms with van der Waals surface area (Å²) in [5, 5.41) is 23.8. The Morgan fingerprint density at radius 2 is 1.57 bits per heavy atom. The van der Waals surface area contributed by atoms with E-state index in [9.17, 15) is 19.5 Å². The molecule has 4 rings (SSSR count). The van der Waals surface area contributed by atoms with Crippen molar-refractivity contribution in [1.29, 1.82) is 0 Å². The Kier molecular flexibility index (Phi) is 7.70. The first-order valence-corrected chi connectivity index (χ1v) is 12.2. The zero-order chi connectivity index (χ0) is 24.8. The number of hydrogen-bond donors (Lipinski definition) is 4. The Balaban J connectivity index is 1.39. The van der Waals surface area contributed by atoms with Crippen LogP contribution in [-0.4, -0.2) is 54.0 Å². The number of ether oxygens (including phenoxy) is 1. The van der Waals surface area contributed by atoms with E-state index in [0.717, 1.165) is 41.5 Å². The normalized spacial score (nSPS) is 17.1. The molecule has 0 saturated heterocycles. The summed E-state index contributed by atoms with van der Waals surface area (Å²) in [6.45, 7) is -0.0974. The molecule has 0 spiro atoms. The van der Waals surface area contributed by atoms with E-state index in [4.69, 9.17) is 9.84 Å². The number of aliphatic hydroxyl groups excluding tert-OH is 1. The molecule has 1 atom stereocenters. The molecule has 1 saturated carbocycles. The molecular weight excluding hydrogens is 448 g/mol. The SMILES string of the molecule is O=C(NCC1(C(=O)N[C@@H](CCO)C(=O)O)CCCCC1)OCC1c2ccccc2-c2ccccc21. The zero-order valence-electron chi connectivity index (χ0n) is 19.7. The van der Waals surface area contributed by atoms with Gasteiger partial charge < -0.3 is 25.6 Å². The van der Waals surface area contributed by atoms with Gasteiger partial charge in [-0.3, -0.25) is 4.79 Å². The molecule has 0 aliphatic heterocycles. The van der Waals surface area contributed by atoms with Crippen molar-refractivity contribution in [3.8, 4) is 11.1 Å². The van der Waals surface area contributed by atoms with E-state index < -0.39 is 29.4 Å². The van der Waals surface area contributed by atoms with Crippen LogP contribution in [0.1, 0.15) is 55.6 Å². The van der Waals surface area contributed by atoms with Gasteiger partial charge >= 0.3 is 12.1 Å². The number of carboxylic acid groups (broad SMARTS) is 1. The Labute approximate surface area is 204 Å². The number of fused-ring (bicyclic) bond motifs is 3. The number of alkyl carbamates (subject to hydrolysis) is 1. The highest BCUT2D eigenvalue weighted by molar-refractivity contribution is 5.88. The van der Waals surface area contributed by atoms with E-state index in [-0.39, 0.29) is 32.1 Å². The van der Waals surface area contributed by atoms with E-state index in [1.807, 2.05) is 36.4 Å². The van der Waals surface area contributed by atoms with E-state index >= 15 is 0 Å². The first kappa shape index (κ1) is 24.7. The minimum atomic E-state index is -1.19. The van der Waals surface area contributed by atoms with Crippen molar-refractivity contribution in [2.24, 2.45) is 5.41 Å². The third-order valence-electron chi connectivity index (χ3n) is 7.23. The highest BCUT2D eigenvalue weighted by Crippen LogP contribution is 2.44. The summed E-state index contributed by atoms with van der Waals surface area (Å²) < 4.78 is 5.60. The number of aliphatic carboxylic acids is 1. The van der Waals surface area contributed by atoms with Gasteiger partial charge in [-0.2, -0.15) is 0 Å². The third-order valence-corrected chi connectivity index (χ3v) is 7.23. The van der Waals surface area contributed by atoms with Crippen LogP contribution in [-0.2, 0) is 14.3 Å². The van der Waals surface area contributed by atoms with Crippen LogP contribution in [0, 0.1) is 5.41 Å². The first-order chi connectivity index (χ1) is 16.9.